The van der Waals surface area contributed by atoms with E-state index in [0.717, 1.165) is 28.1 Å². The third-order valence-electron chi connectivity index (χ3n) is 12.0. The van der Waals surface area contributed by atoms with Gasteiger partial charge in [0.2, 0.25) is 0 Å². The fourth-order valence-corrected chi connectivity index (χ4v) is 9.32. The highest BCUT2D eigenvalue weighted by atomic mass is 15.1. The molecular weight excluding hydrogens is 677 g/mol. The second kappa shape index (κ2) is 12.5. The van der Waals surface area contributed by atoms with E-state index in [4.69, 9.17) is 4.98 Å². The van der Waals surface area contributed by atoms with Crippen molar-refractivity contribution in [3.63, 3.8) is 0 Å². The minimum absolute atomic E-state index is 0.128. The standard InChI is InChI=1S/C54H38N2/c1-54(2)47-25-12-11-22-41(47)44-33-45-46(34-48(44)54)51(42-23-9-10-24-43(42)52(45)39-19-15-18-38(32-39)35-16-5-3-6-17-35)36-28-30-37(31-29-36)53-55-49-26-13-14-27-50(49)56(53)40-20-7-4-8-21-40/h3-34H,1-2H3. The number of fused-ring (bicyclic) bond motifs is 6. The van der Waals surface area contributed by atoms with Crippen LogP contribution in [0.2, 0.25) is 0 Å². The number of para-hydroxylation sites is 3. The van der Waals surface area contributed by atoms with Gasteiger partial charge in [-0.05, 0) is 120 Å². The number of nitrogens with zero attached hydrogens (tertiary/aromatic N) is 2. The number of benzene rings is 9. The van der Waals surface area contributed by atoms with Crippen LogP contribution in [0.15, 0.2) is 194 Å². The van der Waals surface area contributed by atoms with Gasteiger partial charge in [0, 0.05) is 16.7 Å². The van der Waals surface area contributed by atoms with Crippen LogP contribution in [-0.4, -0.2) is 9.55 Å². The molecule has 0 atom stereocenters. The van der Waals surface area contributed by atoms with E-state index >= 15 is 0 Å². The van der Waals surface area contributed by atoms with E-state index in [0.29, 0.717) is 0 Å². The summed E-state index contributed by atoms with van der Waals surface area (Å²) in [6.45, 7) is 4.75. The van der Waals surface area contributed by atoms with Crippen molar-refractivity contribution in [3.05, 3.63) is 205 Å². The van der Waals surface area contributed by atoms with Crippen molar-refractivity contribution in [1.82, 2.24) is 9.55 Å². The first kappa shape index (κ1) is 32.4. The van der Waals surface area contributed by atoms with Crippen molar-refractivity contribution in [3.8, 4) is 61.6 Å². The fraction of sp³-hybridized carbons (Fsp3) is 0.0556. The molecule has 2 nitrogen and oxygen atoms in total. The number of rotatable bonds is 5. The highest BCUT2D eigenvalue weighted by Crippen LogP contribution is 2.53. The Morgan fingerprint density at radius 3 is 1.77 bits per heavy atom. The molecule has 0 unspecified atom stereocenters. The van der Waals surface area contributed by atoms with E-state index < -0.39 is 0 Å². The molecule has 56 heavy (non-hydrogen) atoms. The van der Waals surface area contributed by atoms with Crippen LogP contribution in [0.1, 0.15) is 25.0 Å². The van der Waals surface area contributed by atoms with Crippen LogP contribution in [-0.2, 0) is 5.41 Å². The lowest BCUT2D eigenvalue weighted by molar-refractivity contribution is 0.661. The van der Waals surface area contributed by atoms with Gasteiger partial charge in [-0.25, -0.2) is 4.98 Å². The SMILES string of the molecule is CC1(C)c2ccccc2-c2cc3c(-c4cccc(-c5ccccc5)c4)c4ccccc4c(-c4ccc(-c5nc6ccccc6n5-c5ccccc5)cc4)c3cc21. The van der Waals surface area contributed by atoms with Gasteiger partial charge in [0.1, 0.15) is 5.82 Å². The molecule has 0 N–H and O–H groups in total. The average molecular weight is 715 g/mol. The Hall–Kier alpha value is -7.03. The summed E-state index contributed by atoms with van der Waals surface area (Å²) in [6, 6.07) is 70.8. The summed E-state index contributed by atoms with van der Waals surface area (Å²) in [5.74, 6) is 0.935. The zero-order valence-electron chi connectivity index (χ0n) is 31.4. The average Bonchev–Trinajstić information content (AvgIpc) is 3.75. The second-order valence-corrected chi connectivity index (χ2v) is 15.5. The molecule has 0 radical (unpaired) electrons. The molecule has 0 spiro atoms. The molecule has 11 rings (SSSR count). The Balaban J connectivity index is 1.17. The van der Waals surface area contributed by atoms with Crippen molar-refractivity contribution in [2.24, 2.45) is 0 Å². The summed E-state index contributed by atoms with van der Waals surface area (Å²) in [5.41, 5.74) is 16.9. The molecule has 0 fully saturated rings. The van der Waals surface area contributed by atoms with E-state index in [-0.39, 0.29) is 5.41 Å². The predicted octanol–water partition coefficient (Wildman–Crippen LogP) is 14.3. The Bertz CT molecular complexity index is 3130. The van der Waals surface area contributed by atoms with Gasteiger partial charge in [-0.2, -0.15) is 0 Å². The van der Waals surface area contributed by atoms with Crippen molar-refractivity contribution in [2.75, 3.05) is 0 Å². The minimum Gasteiger partial charge on any atom is -0.292 e. The maximum Gasteiger partial charge on any atom is 0.145 e. The lowest BCUT2D eigenvalue weighted by Gasteiger charge is -2.24. The molecule has 1 aromatic heterocycles. The first-order valence-electron chi connectivity index (χ1n) is 19.5. The zero-order chi connectivity index (χ0) is 37.4. The van der Waals surface area contributed by atoms with Crippen LogP contribution in [0, 0.1) is 0 Å². The Morgan fingerprint density at radius 1 is 0.393 bits per heavy atom. The molecule has 0 saturated carbocycles. The Labute approximate surface area is 327 Å². The van der Waals surface area contributed by atoms with Crippen molar-refractivity contribution < 1.29 is 0 Å². The van der Waals surface area contributed by atoms with Crippen molar-refractivity contribution in [2.45, 2.75) is 19.3 Å². The number of imidazole rings is 1. The van der Waals surface area contributed by atoms with Crippen LogP contribution in [0.3, 0.4) is 0 Å². The summed E-state index contributed by atoms with van der Waals surface area (Å²) in [5, 5.41) is 5.04. The molecule has 1 aliphatic carbocycles. The van der Waals surface area contributed by atoms with E-state index in [1.165, 1.54) is 77.2 Å². The minimum atomic E-state index is -0.128. The van der Waals surface area contributed by atoms with Gasteiger partial charge in [0.25, 0.3) is 0 Å². The molecule has 0 aliphatic heterocycles. The highest BCUT2D eigenvalue weighted by Gasteiger charge is 2.36. The van der Waals surface area contributed by atoms with Gasteiger partial charge < -0.3 is 0 Å². The third-order valence-corrected chi connectivity index (χ3v) is 12.0. The van der Waals surface area contributed by atoms with Gasteiger partial charge >= 0.3 is 0 Å². The van der Waals surface area contributed by atoms with Gasteiger partial charge in [-0.1, -0.05) is 166 Å². The zero-order valence-corrected chi connectivity index (χ0v) is 31.4. The van der Waals surface area contributed by atoms with Gasteiger partial charge in [0.05, 0.1) is 11.0 Å². The molecule has 0 saturated heterocycles. The van der Waals surface area contributed by atoms with E-state index in [1.54, 1.807) is 0 Å². The first-order valence-corrected chi connectivity index (χ1v) is 19.5. The lowest BCUT2D eigenvalue weighted by atomic mass is 9.79. The number of hydrogen-bond acceptors (Lipinski definition) is 1. The lowest BCUT2D eigenvalue weighted by Crippen LogP contribution is -2.14. The Morgan fingerprint density at radius 2 is 0.982 bits per heavy atom. The van der Waals surface area contributed by atoms with Gasteiger partial charge in [-0.15, -0.1) is 0 Å². The van der Waals surface area contributed by atoms with Crippen LogP contribution >= 0.6 is 0 Å². The largest absolute Gasteiger partial charge is 0.292 e. The van der Waals surface area contributed by atoms with Gasteiger partial charge in [0.15, 0.2) is 0 Å². The predicted molar refractivity (Wildman–Crippen MR) is 235 cm³/mol. The highest BCUT2D eigenvalue weighted by molar-refractivity contribution is 6.22. The summed E-state index contributed by atoms with van der Waals surface area (Å²) >= 11 is 0. The first-order chi connectivity index (χ1) is 27.5. The van der Waals surface area contributed by atoms with Crippen LogP contribution in [0.4, 0.5) is 0 Å². The molecule has 10 aromatic rings. The molecule has 0 bridgehead atoms. The van der Waals surface area contributed by atoms with Gasteiger partial charge in [-0.3, -0.25) is 4.57 Å². The van der Waals surface area contributed by atoms with Crippen molar-refractivity contribution >= 4 is 32.6 Å². The summed E-state index contributed by atoms with van der Waals surface area (Å²) in [4.78, 5) is 5.17. The van der Waals surface area contributed by atoms with E-state index in [9.17, 15) is 0 Å². The summed E-state index contributed by atoms with van der Waals surface area (Å²) in [6.07, 6.45) is 0. The topological polar surface area (TPSA) is 17.8 Å². The van der Waals surface area contributed by atoms with Crippen LogP contribution in [0.5, 0.6) is 0 Å². The van der Waals surface area contributed by atoms with Crippen LogP contribution < -0.4 is 0 Å². The fourth-order valence-electron chi connectivity index (χ4n) is 9.32. The third kappa shape index (κ3) is 4.92. The Kier molecular flexibility index (Phi) is 7.24. The molecule has 1 aliphatic rings. The normalized spacial score (nSPS) is 13.0. The second-order valence-electron chi connectivity index (χ2n) is 15.5. The quantitative estimate of drug-likeness (QED) is 0.162. The summed E-state index contributed by atoms with van der Waals surface area (Å²) < 4.78 is 2.27. The molecule has 0 amide bonds. The molecule has 2 heteroatoms. The smallest absolute Gasteiger partial charge is 0.145 e. The van der Waals surface area contributed by atoms with Crippen molar-refractivity contribution in [1.29, 1.82) is 0 Å². The summed E-state index contributed by atoms with van der Waals surface area (Å²) in [7, 11) is 0. The molecular formula is C54H38N2. The van der Waals surface area contributed by atoms with E-state index in [1.807, 2.05) is 0 Å². The number of hydrogen-bond donors (Lipinski definition) is 0. The maximum absolute atomic E-state index is 5.17. The molecule has 1 heterocycles. The molecule has 264 valence electrons. The van der Waals surface area contributed by atoms with E-state index in [2.05, 4.69) is 213 Å². The number of aromatic nitrogens is 2. The van der Waals surface area contributed by atoms with Crippen LogP contribution in [0.25, 0.3) is 94.2 Å². The maximum atomic E-state index is 5.17. The molecule has 9 aromatic carbocycles. The monoisotopic (exact) mass is 714 g/mol.